The lowest BCUT2D eigenvalue weighted by Crippen LogP contribution is -2.15. The summed E-state index contributed by atoms with van der Waals surface area (Å²) in [5, 5.41) is 2.09. The van der Waals surface area contributed by atoms with Gasteiger partial charge in [-0.3, -0.25) is 4.79 Å². The van der Waals surface area contributed by atoms with Gasteiger partial charge in [-0.1, -0.05) is 17.7 Å². The van der Waals surface area contributed by atoms with Crippen LogP contribution in [-0.2, 0) is 4.74 Å². The molecule has 3 heterocycles. The number of rotatable bonds is 6. The number of esters is 1. The Morgan fingerprint density at radius 3 is 2.48 bits per heavy atom. The molecule has 8 heteroatoms. The Morgan fingerprint density at radius 2 is 1.77 bits per heavy atom. The maximum atomic E-state index is 12.8. The van der Waals surface area contributed by atoms with Gasteiger partial charge >= 0.3 is 5.97 Å². The van der Waals surface area contributed by atoms with E-state index in [1.54, 1.807) is 23.8 Å². The monoisotopic (exact) mass is 432 g/mol. The van der Waals surface area contributed by atoms with Gasteiger partial charge in [0.2, 0.25) is 5.78 Å². The molecule has 3 aromatic heterocycles. The molecule has 0 aliphatic heterocycles. The first-order valence-electron chi connectivity index (χ1n) is 9.63. The molecule has 0 spiro atoms. The number of thiazole rings is 1. The normalized spacial score (nSPS) is 10.8. The molecule has 0 N–H and O–H groups in total. The van der Waals surface area contributed by atoms with Crippen molar-refractivity contribution in [1.29, 1.82) is 0 Å². The number of hydrogen-bond donors (Lipinski definition) is 0. The largest absolute Gasteiger partial charge is 0.453 e. The first-order chi connectivity index (χ1) is 14.9. The molecule has 0 amide bonds. The van der Waals surface area contributed by atoms with Gasteiger partial charge in [-0.25, -0.2) is 19.7 Å². The van der Waals surface area contributed by atoms with E-state index in [0.29, 0.717) is 16.4 Å². The first-order valence-corrected chi connectivity index (χ1v) is 10.5. The minimum atomic E-state index is -0.654. The Hall–Kier alpha value is -3.65. The molecule has 156 valence electrons. The smallest absolute Gasteiger partial charge is 0.358 e. The molecular weight excluding hydrogens is 412 g/mol. The van der Waals surface area contributed by atoms with Crippen LogP contribution < -0.4 is 0 Å². The van der Waals surface area contributed by atoms with Crippen LogP contribution in [0.15, 0.2) is 54.2 Å². The molecule has 0 fully saturated rings. The maximum Gasteiger partial charge on any atom is 0.358 e. The summed E-state index contributed by atoms with van der Waals surface area (Å²) in [5.41, 5.74) is 4.55. The SMILES string of the molecule is Cc1ccc(-n2c(C)cc(C(=O)COC(=O)c3csc(-c4ncccn4)n3)c2C)cc1. The number of ether oxygens (including phenoxy) is 1. The van der Waals surface area contributed by atoms with Crippen molar-refractivity contribution in [2.75, 3.05) is 6.61 Å². The molecular formula is C23H20N4O3S. The number of carbonyl (C=O) groups is 2. The second-order valence-electron chi connectivity index (χ2n) is 7.07. The Kier molecular flexibility index (Phi) is 5.73. The molecule has 4 rings (SSSR count). The van der Waals surface area contributed by atoms with Crippen molar-refractivity contribution in [1.82, 2.24) is 19.5 Å². The van der Waals surface area contributed by atoms with Crippen molar-refractivity contribution in [3.05, 3.63) is 82.4 Å². The fourth-order valence-corrected chi connectivity index (χ4v) is 4.03. The highest BCUT2D eigenvalue weighted by atomic mass is 32.1. The molecule has 0 atom stereocenters. The number of aryl methyl sites for hydroxylation is 2. The third kappa shape index (κ3) is 4.29. The van der Waals surface area contributed by atoms with Gasteiger partial charge in [-0.15, -0.1) is 11.3 Å². The highest BCUT2D eigenvalue weighted by Gasteiger charge is 2.20. The summed E-state index contributed by atoms with van der Waals surface area (Å²) in [7, 11) is 0. The third-order valence-electron chi connectivity index (χ3n) is 4.83. The highest BCUT2D eigenvalue weighted by Crippen LogP contribution is 2.23. The van der Waals surface area contributed by atoms with Crippen LogP contribution in [0, 0.1) is 20.8 Å². The van der Waals surface area contributed by atoms with Crippen LogP contribution in [-0.4, -0.2) is 37.9 Å². The molecule has 7 nitrogen and oxygen atoms in total. The van der Waals surface area contributed by atoms with Crippen molar-refractivity contribution >= 4 is 23.1 Å². The molecule has 0 aliphatic rings. The minimum absolute atomic E-state index is 0.130. The number of carbonyl (C=O) groups excluding carboxylic acids is 2. The number of Topliss-reactive ketones (excluding diaryl/α,β-unsaturated/α-hetero) is 1. The summed E-state index contributed by atoms with van der Waals surface area (Å²) in [4.78, 5) is 37.6. The average Bonchev–Trinajstić information content (AvgIpc) is 3.38. The van der Waals surface area contributed by atoms with E-state index in [-0.39, 0.29) is 18.1 Å². The zero-order valence-electron chi connectivity index (χ0n) is 17.3. The van der Waals surface area contributed by atoms with E-state index in [9.17, 15) is 9.59 Å². The van der Waals surface area contributed by atoms with Gasteiger partial charge in [0, 0.05) is 40.4 Å². The van der Waals surface area contributed by atoms with Crippen molar-refractivity contribution < 1.29 is 14.3 Å². The zero-order valence-corrected chi connectivity index (χ0v) is 18.1. The van der Waals surface area contributed by atoms with E-state index in [4.69, 9.17) is 4.74 Å². The van der Waals surface area contributed by atoms with Crippen LogP contribution >= 0.6 is 11.3 Å². The summed E-state index contributed by atoms with van der Waals surface area (Å²) in [5.74, 6) is -0.480. The van der Waals surface area contributed by atoms with Crippen molar-refractivity contribution in [3.8, 4) is 16.5 Å². The molecule has 4 aromatic rings. The Bertz CT molecular complexity index is 1240. The van der Waals surface area contributed by atoms with Crippen LogP contribution in [0.4, 0.5) is 0 Å². The number of benzene rings is 1. The lowest BCUT2D eigenvalue weighted by molar-refractivity contribution is 0.0469. The standard InChI is InChI=1S/C23H20N4O3S/c1-14-5-7-17(8-6-14)27-15(2)11-18(16(27)3)20(28)12-30-23(29)19-13-31-22(26-19)21-24-9-4-10-25-21/h4-11,13H,12H2,1-3H3. The first kappa shape index (κ1) is 20.6. The molecule has 0 saturated carbocycles. The number of hydrogen-bond acceptors (Lipinski definition) is 7. The van der Waals surface area contributed by atoms with Crippen LogP contribution in [0.25, 0.3) is 16.5 Å². The summed E-state index contributed by atoms with van der Waals surface area (Å²) < 4.78 is 7.24. The van der Waals surface area contributed by atoms with Crippen molar-refractivity contribution in [2.45, 2.75) is 20.8 Å². The van der Waals surface area contributed by atoms with Gasteiger partial charge in [0.25, 0.3) is 0 Å². The molecule has 0 unspecified atom stereocenters. The van der Waals surface area contributed by atoms with E-state index in [0.717, 1.165) is 17.1 Å². The predicted molar refractivity (Wildman–Crippen MR) is 118 cm³/mol. The average molecular weight is 433 g/mol. The van der Waals surface area contributed by atoms with Gasteiger partial charge < -0.3 is 9.30 Å². The third-order valence-corrected chi connectivity index (χ3v) is 5.67. The number of aromatic nitrogens is 4. The summed E-state index contributed by atoms with van der Waals surface area (Å²) in [6.45, 7) is 5.50. The van der Waals surface area contributed by atoms with Crippen molar-refractivity contribution in [3.63, 3.8) is 0 Å². The summed E-state index contributed by atoms with van der Waals surface area (Å²) >= 11 is 1.24. The molecule has 31 heavy (non-hydrogen) atoms. The molecule has 0 aliphatic carbocycles. The van der Waals surface area contributed by atoms with Crippen LogP contribution in [0.1, 0.15) is 37.8 Å². The van der Waals surface area contributed by atoms with Gasteiger partial charge in [0.1, 0.15) is 0 Å². The second-order valence-corrected chi connectivity index (χ2v) is 7.92. The Labute approximate surface area is 183 Å². The lowest BCUT2D eigenvalue weighted by atomic mass is 10.1. The molecule has 1 aromatic carbocycles. The predicted octanol–water partition coefficient (Wildman–Crippen LogP) is 4.36. The fraction of sp³-hybridized carbons (Fsp3) is 0.174. The number of nitrogens with zero attached hydrogens (tertiary/aromatic N) is 4. The summed E-state index contributed by atoms with van der Waals surface area (Å²) in [6.07, 6.45) is 3.21. The van der Waals surface area contributed by atoms with E-state index < -0.39 is 5.97 Å². The van der Waals surface area contributed by atoms with Crippen LogP contribution in [0.3, 0.4) is 0 Å². The Morgan fingerprint density at radius 1 is 1.06 bits per heavy atom. The molecule has 0 radical (unpaired) electrons. The quantitative estimate of drug-likeness (QED) is 0.332. The van der Waals surface area contributed by atoms with E-state index in [1.165, 1.54) is 16.9 Å². The Balaban J connectivity index is 1.46. The van der Waals surface area contributed by atoms with E-state index >= 15 is 0 Å². The summed E-state index contributed by atoms with van der Waals surface area (Å²) in [6, 6.07) is 11.6. The highest BCUT2D eigenvalue weighted by molar-refractivity contribution is 7.13. The topological polar surface area (TPSA) is 87.0 Å². The molecule has 0 saturated heterocycles. The van der Waals surface area contributed by atoms with Crippen LogP contribution in [0.2, 0.25) is 0 Å². The van der Waals surface area contributed by atoms with Gasteiger partial charge in [-0.05, 0) is 45.0 Å². The second kappa shape index (κ2) is 8.61. The fourth-order valence-electron chi connectivity index (χ4n) is 3.30. The van der Waals surface area contributed by atoms with E-state index in [1.807, 2.05) is 55.7 Å². The maximum absolute atomic E-state index is 12.8. The minimum Gasteiger partial charge on any atom is -0.453 e. The van der Waals surface area contributed by atoms with Crippen molar-refractivity contribution in [2.24, 2.45) is 0 Å². The lowest BCUT2D eigenvalue weighted by Gasteiger charge is -2.10. The van der Waals surface area contributed by atoms with Gasteiger partial charge in [0.15, 0.2) is 23.1 Å². The van der Waals surface area contributed by atoms with Gasteiger partial charge in [0.05, 0.1) is 0 Å². The molecule has 0 bridgehead atoms. The van der Waals surface area contributed by atoms with E-state index in [2.05, 4.69) is 15.0 Å². The van der Waals surface area contributed by atoms with Gasteiger partial charge in [-0.2, -0.15) is 0 Å². The zero-order chi connectivity index (χ0) is 22.0. The number of ketones is 1. The van der Waals surface area contributed by atoms with Crippen LogP contribution in [0.5, 0.6) is 0 Å².